The molecule has 0 bridgehead atoms. The summed E-state index contributed by atoms with van der Waals surface area (Å²) in [5.74, 6) is 1.62. The summed E-state index contributed by atoms with van der Waals surface area (Å²) in [4.78, 5) is 4.17. The molecule has 0 heterocycles. The molecule has 6 heteroatoms. The number of nitrogens with zero attached hydrogens (tertiary/aromatic N) is 1. The van der Waals surface area contributed by atoms with Gasteiger partial charge in [-0.3, -0.25) is 4.99 Å². The molecule has 0 saturated carbocycles. The van der Waals surface area contributed by atoms with E-state index in [9.17, 15) is 0 Å². The van der Waals surface area contributed by atoms with Crippen molar-refractivity contribution in [2.24, 2.45) is 4.99 Å². The monoisotopic (exact) mass is 407 g/mol. The first-order chi connectivity index (χ1) is 9.65. The molecule has 2 atom stereocenters. The molecule has 0 saturated heterocycles. The standard InChI is InChI=1S/C15H25N3O2.HI/c1-12(11-19-4)18-15(16-3)17-10-13(2)20-14-8-6-5-7-9-14;/h5-9,12-13H,10-11H2,1-4H3,(H2,16,17,18);1H. The van der Waals surface area contributed by atoms with E-state index < -0.39 is 0 Å². The highest BCUT2D eigenvalue weighted by molar-refractivity contribution is 14.0. The second kappa shape index (κ2) is 11.6. The SMILES string of the molecule is CN=C(NCC(C)Oc1ccccc1)NC(C)COC.I. The fourth-order valence-corrected chi connectivity index (χ4v) is 1.73. The molecular weight excluding hydrogens is 381 g/mol. The molecular formula is C15H26IN3O2. The van der Waals surface area contributed by atoms with E-state index in [0.717, 1.165) is 11.7 Å². The quantitative estimate of drug-likeness (QED) is 0.414. The van der Waals surface area contributed by atoms with Gasteiger partial charge in [0.1, 0.15) is 11.9 Å². The number of rotatable bonds is 7. The first kappa shape index (κ1) is 20.0. The van der Waals surface area contributed by atoms with E-state index in [-0.39, 0.29) is 36.1 Å². The van der Waals surface area contributed by atoms with Crippen molar-refractivity contribution < 1.29 is 9.47 Å². The van der Waals surface area contributed by atoms with Crippen LogP contribution >= 0.6 is 24.0 Å². The number of halogens is 1. The Morgan fingerprint density at radius 2 is 1.90 bits per heavy atom. The molecule has 21 heavy (non-hydrogen) atoms. The van der Waals surface area contributed by atoms with Gasteiger partial charge in [0.25, 0.3) is 0 Å². The fourth-order valence-electron chi connectivity index (χ4n) is 1.73. The average Bonchev–Trinajstić information content (AvgIpc) is 2.44. The fraction of sp³-hybridized carbons (Fsp3) is 0.533. The van der Waals surface area contributed by atoms with Crippen LogP contribution in [0, 0.1) is 0 Å². The van der Waals surface area contributed by atoms with Crippen molar-refractivity contribution in [1.82, 2.24) is 10.6 Å². The van der Waals surface area contributed by atoms with Gasteiger partial charge in [-0.25, -0.2) is 0 Å². The molecule has 0 aliphatic rings. The number of para-hydroxylation sites is 1. The maximum atomic E-state index is 5.79. The number of nitrogens with one attached hydrogen (secondary N) is 2. The van der Waals surface area contributed by atoms with Crippen molar-refractivity contribution in [3.63, 3.8) is 0 Å². The van der Waals surface area contributed by atoms with Crippen molar-refractivity contribution in [3.05, 3.63) is 30.3 Å². The molecule has 0 aliphatic carbocycles. The Balaban J connectivity index is 0.00000400. The van der Waals surface area contributed by atoms with Crippen LogP contribution in [0.4, 0.5) is 0 Å². The summed E-state index contributed by atoms with van der Waals surface area (Å²) in [7, 11) is 3.43. The van der Waals surface area contributed by atoms with Crippen LogP contribution in [0.15, 0.2) is 35.3 Å². The normalized spacial score (nSPS) is 13.8. The summed E-state index contributed by atoms with van der Waals surface area (Å²) in [6, 6.07) is 9.99. The second-order valence-electron chi connectivity index (χ2n) is 4.70. The minimum absolute atomic E-state index is 0. The largest absolute Gasteiger partial charge is 0.489 e. The van der Waals surface area contributed by atoms with Gasteiger partial charge >= 0.3 is 0 Å². The molecule has 2 unspecified atom stereocenters. The van der Waals surface area contributed by atoms with Crippen molar-refractivity contribution >= 4 is 29.9 Å². The smallest absolute Gasteiger partial charge is 0.191 e. The lowest BCUT2D eigenvalue weighted by Gasteiger charge is -2.20. The third kappa shape index (κ3) is 8.77. The Morgan fingerprint density at radius 3 is 2.48 bits per heavy atom. The Kier molecular flexibility index (Phi) is 11.1. The van der Waals surface area contributed by atoms with Crippen LogP contribution in [0.2, 0.25) is 0 Å². The molecule has 0 aromatic heterocycles. The van der Waals surface area contributed by atoms with E-state index in [0.29, 0.717) is 13.2 Å². The lowest BCUT2D eigenvalue weighted by atomic mass is 10.3. The number of methoxy groups -OCH3 is 1. The number of hydrogen-bond donors (Lipinski definition) is 2. The molecule has 1 aromatic rings. The zero-order chi connectivity index (χ0) is 14.8. The van der Waals surface area contributed by atoms with Crippen molar-refractivity contribution in [1.29, 1.82) is 0 Å². The van der Waals surface area contributed by atoms with Gasteiger partial charge in [0.05, 0.1) is 13.2 Å². The topological polar surface area (TPSA) is 54.9 Å². The molecule has 0 amide bonds. The number of guanidine groups is 1. The number of hydrogen-bond acceptors (Lipinski definition) is 3. The maximum Gasteiger partial charge on any atom is 0.191 e. The third-order valence-corrected chi connectivity index (χ3v) is 2.66. The zero-order valence-corrected chi connectivity index (χ0v) is 15.5. The van der Waals surface area contributed by atoms with Crippen molar-refractivity contribution in [3.8, 4) is 5.75 Å². The lowest BCUT2D eigenvalue weighted by Crippen LogP contribution is -2.46. The highest BCUT2D eigenvalue weighted by Gasteiger charge is 2.07. The summed E-state index contributed by atoms with van der Waals surface area (Å²) in [5, 5.41) is 6.48. The Labute approximate surface area is 144 Å². The second-order valence-corrected chi connectivity index (χ2v) is 4.70. The number of ether oxygens (including phenoxy) is 2. The van der Waals surface area contributed by atoms with Gasteiger partial charge in [-0.15, -0.1) is 24.0 Å². The lowest BCUT2D eigenvalue weighted by molar-refractivity contribution is 0.178. The maximum absolute atomic E-state index is 5.79. The van der Waals surface area contributed by atoms with Gasteiger partial charge in [0.15, 0.2) is 5.96 Å². The summed E-state index contributed by atoms with van der Waals surface area (Å²) in [5.41, 5.74) is 0. The Morgan fingerprint density at radius 1 is 1.24 bits per heavy atom. The van der Waals surface area contributed by atoms with E-state index in [1.165, 1.54) is 0 Å². The summed E-state index contributed by atoms with van der Waals surface area (Å²) in [6.07, 6.45) is 0.0497. The van der Waals surface area contributed by atoms with Crippen LogP contribution < -0.4 is 15.4 Å². The van der Waals surface area contributed by atoms with Crippen LogP contribution in [0.5, 0.6) is 5.75 Å². The van der Waals surface area contributed by atoms with E-state index in [4.69, 9.17) is 9.47 Å². The van der Waals surface area contributed by atoms with Crippen LogP contribution in [0.1, 0.15) is 13.8 Å². The molecule has 1 aromatic carbocycles. The summed E-state index contributed by atoms with van der Waals surface area (Å²) < 4.78 is 10.9. The van der Waals surface area contributed by atoms with Gasteiger partial charge in [0.2, 0.25) is 0 Å². The molecule has 1 rings (SSSR count). The van der Waals surface area contributed by atoms with Crippen LogP contribution in [-0.4, -0.2) is 45.4 Å². The molecule has 2 N–H and O–H groups in total. The minimum Gasteiger partial charge on any atom is -0.489 e. The van der Waals surface area contributed by atoms with Gasteiger partial charge < -0.3 is 20.1 Å². The van der Waals surface area contributed by atoms with Gasteiger partial charge in [-0.05, 0) is 26.0 Å². The van der Waals surface area contributed by atoms with E-state index >= 15 is 0 Å². The molecule has 0 spiro atoms. The van der Waals surface area contributed by atoms with E-state index in [2.05, 4.69) is 15.6 Å². The number of aliphatic imine (C=N–C) groups is 1. The molecule has 0 radical (unpaired) electrons. The highest BCUT2D eigenvalue weighted by Crippen LogP contribution is 2.10. The average molecular weight is 407 g/mol. The van der Waals surface area contributed by atoms with Gasteiger partial charge in [-0.1, -0.05) is 18.2 Å². The van der Waals surface area contributed by atoms with E-state index in [1.807, 2.05) is 44.2 Å². The Hall–Kier alpha value is -1.02. The summed E-state index contributed by atoms with van der Waals surface area (Å²) in [6.45, 7) is 5.37. The van der Waals surface area contributed by atoms with Crippen LogP contribution in [0.25, 0.3) is 0 Å². The van der Waals surface area contributed by atoms with E-state index in [1.54, 1.807) is 14.2 Å². The van der Waals surface area contributed by atoms with Gasteiger partial charge in [0, 0.05) is 20.2 Å². The molecule has 0 aliphatic heterocycles. The van der Waals surface area contributed by atoms with Crippen molar-refractivity contribution in [2.75, 3.05) is 27.3 Å². The van der Waals surface area contributed by atoms with Gasteiger partial charge in [-0.2, -0.15) is 0 Å². The first-order valence-corrected chi connectivity index (χ1v) is 6.83. The Bertz CT molecular complexity index is 401. The molecule has 120 valence electrons. The highest BCUT2D eigenvalue weighted by atomic mass is 127. The number of benzene rings is 1. The molecule has 0 fully saturated rings. The zero-order valence-electron chi connectivity index (χ0n) is 13.1. The predicted octanol–water partition coefficient (Wildman–Crippen LogP) is 2.27. The van der Waals surface area contributed by atoms with Crippen molar-refractivity contribution in [2.45, 2.75) is 26.0 Å². The first-order valence-electron chi connectivity index (χ1n) is 6.83. The predicted molar refractivity (Wildman–Crippen MR) is 97.8 cm³/mol. The minimum atomic E-state index is 0. The van der Waals surface area contributed by atoms with Crippen LogP contribution in [0.3, 0.4) is 0 Å². The van der Waals surface area contributed by atoms with Crippen LogP contribution in [-0.2, 0) is 4.74 Å². The molecule has 5 nitrogen and oxygen atoms in total. The third-order valence-electron chi connectivity index (χ3n) is 2.66. The summed E-state index contributed by atoms with van der Waals surface area (Å²) >= 11 is 0.